The van der Waals surface area contributed by atoms with Crippen LogP contribution in [0, 0.1) is 17.0 Å². The predicted octanol–water partition coefficient (Wildman–Crippen LogP) is 6.39. The molecule has 1 N–H and O–H groups in total. The van der Waals surface area contributed by atoms with Crippen molar-refractivity contribution >= 4 is 17.1 Å². The molecule has 2 aromatic rings. The van der Waals surface area contributed by atoms with Crippen molar-refractivity contribution in [1.29, 1.82) is 0 Å². The van der Waals surface area contributed by atoms with Gasteiger partial charge in [0.2, 0.25) is 0 Å². The lowest BCUT2D eigenvalue weighted by molar-refractivity contribution is -0.156. The number of ether oxygens (including phenoxy) is 1. The molecule has 0 radical (unpaired) electrons. The second-order valence-corrected chi connectivity index (χ2v) is 9.66. The smallest absolute Gasteiger partial charge is 0.309 e. The van der Waals surface area contributed by atoms with E-state index in [9.17, 15) is 18.7 Å². The summed E-state index contributed by atoms with van der Waals surface area (Å²) in [4.78, 5) is 11.8. The fraction of sp³-hybridized carbons (Fsp3) is 0.345. The third-order valence-electron chi connectivity index (χ3n) is 7.31. The van der Waals surface area contributed by atoms with Gasteiger partial charge in [0.1, 0.15) is 17.7 Å². The molecule has 1 saturated carbocycles. The zero-order valence-corrected chi connectivity index (χ0v) is 19.0. The lowest BCUT2D eigenvalue weighted by atomic mass is 9.66. The summed E-state index contributed by atoms with van der Waals surface area (Å²) in [5.41, 5.74) is 5.09. The van der Waals surface area contributed by atoms with Crippen molar-refractivity contribution in [2.24, 2.45) is 5.41 Å². The molecule has 1 aliphatic heterocycles. The van der Waals surface area contributed by atoms with Gasteiger partial charge in [0.25, 0.3) is 0 Å². The van der Waals surface area contributed by atoms with Crippen LogP contribution in [-0.2, 0) is 9.53 Å². The molecule has 34 heavy (non-hydrogen) atoms. The molecule has 0 amide bonds. The fourth-order valence-electron chi connectivity index (χ4n) is 5.66. The van der Waals surface area contributed by atoms with E-state index < -0.39 is 12.2 Å². The third kappa shape index (κ3) is 4.62. The van der Waals surface area contributed by atoms with Crippen LogP contribution in [0.2, 0.25) is 0 Å². The van der Waals surface area contributed by atoms with E-state index in [1.54, 1.807) is 12.1 Å². The van der Waals surface area contributed by atoms with Crippen molar-refractivity contribution in [1.82, 2.24) is 0 Å². The summed E-state index contributed by atoms with van der Waals surface area (Å²) < 4.78 is 32.8. The van der Waals surface area contributed by atoms with Gasteiger partial charge in [-0.1, -0.05) is 49.3 Å². The van der Waals surface area contributed by atoms with Crippen LogP contribution in [0.3, 0.4) is 0 Å². The summed E-state index contributed by atoms with van der Waals surface area (Å²) in [5.74, 6) is -0.949. The fourth-order valence-corrected chi connectivity index (χ4v) is 5.66. The second kappa shape index (κ2) is 9.30. The average Bonchev–Trinajstić information content (AvgIpc) is 3.27. The van der Waals surface area contributed by atoms with E-state index in [0.717, 1.165) is 60.0 Å². The Kier molecular flexibility index (Phi) is 6.22. The van der Waals surface area contributed by atoms with Gasteiger partial charge in [-0.15, -0.1) is 0 Å². The van der Waals surface area contributed by atoms with E-state index in [4.69, 9.17) is 4.74 Å². The molecule has 2 aromatic carbocycles. The second-order valence-electron chi connectivity index (χ2n) is 9.66. The molecule has 2 fully saturated rings. The molecule has 5 heteroatoms. The van der Waals surface area contributed by atoms with Gasteiger partial charge in [0, 0.05) is 6.42 Å². The van der Waals surface area contributed by atoms with Crippen molar-refractivity contribution < 1.29 is 23.4 Å². The molecule has 3 nitrogen and oxygen atoms in total. The number of hydrogen-bond donors (Lipinski definition) is 1. The summed E-state index contributed by atoms with van der Waals surface area (Å²) in [7, 11) is 0. The molecule has 2 atom stereocenters. The summed E-state index contributed by atoms with van der Waals surface area (Å²) >= 11 is 0. The molecule has 0 unspecified atom stereocenters. The maximum absolute atomic E-state index is 13.7. The van der Waals surface area contributed by atoms with Crippen LogP contribution in [-0.4, -0.2) is 23.3 Å². The molecule has 5 rings (SSSR count). The highest BCUT2D eigenvalue weighted by molar-refractivity contribution is 5.90. The van der Waals surface area contributed by atoms with Crippen LogP contribution < -0.4 is 0 Å². The van der Waals surface area contributed by atoms with Crippen LogP contribution in [0.1, 0.15) is 56.1 Å². The number of aliphatic hydroxyl groups excluding tert-OH is 1. The van der Waals surface area contributed by atoms with E-state index in [0.29, 0.717) is 6.42 Å². The maximum atomic E-state index is 13.7. The SMILES string of the molecule is O=C1C[C@H](O)C[C@@H](C=CC2=C(c3ccc(F)cc3)C=C(c3ccc(F)cc3)CC23CCCC3)O1. The van der Waals surface area contributed by atoms with Gasteiger partial charge in [0.05, 0.1) is 12.5 Å². The number of carbonyl (C=O) groups excluding carboxylic acids is 1. The summed E-state index contributed by atoms with van der Waals surface area (Å²) in [6, 6.07) is 13.1. The highest BCUT2D eigenvalue weighted by atomic mass is 19.1. The summed E-state index contributed by atoms with van der Waals surface area (Å²) in [6.45, 7) is 0. The van der Waals surface area contributed by atoms with E-state index in [1.807, 2.05) is 18.2 Å². The first-order chi connectivity index (χ1) is 16.4. The Morgan fingerprint density at radius 3 is 2.18 bits per heavy atom. The molecule has 0 bridgehead atoms. The van der Waals surface area contributed by atoms with Crippen molar-refractivity contribution in [2.75, 3.05) is 0 Å². The molecular weight excluding hydrogens is 434 g/mol. The number of carbonyl (C=O) groups is 1. The number of rotatable bonds is 4. The monoisotopic (exact) mass is 462 g/mol. The molecule has 2 aliphatic carbocycles. The molecule has 1 heterocycles. The molecule has 176 valence electrons. The number of hydrogen-bond acceptors (Lipinski definition) is 3. The highest BCUT2D eigenvalue weighted by Crippen LogP contribution is 2.55. The van der Waals surface area contributed by atoms with Crippen molar-refractivity contribution in [3.8, 4) is 0 Å². The Hall–Kier alpha value is -3.05. The van der Waals surface area contributed by atoms with Gasteiger partial charge >= 0.3 is 5.97 Å². The van der Waals surface area contributed by atoms with Gasteiger partial charge < -0.3 is 9.84 Å². The van der Waals surface area contributed by atoms with Crippen molar-refractivity contribution in [3.63, 3.8) is 0 Å². The molecular formula is C29H28F2O3. The lowest BCUT2D eigenvalue weighted by Crippen LogP contribution is -2.31. The number of esters is 1. The normalized spacial score (nSPS) is 24.6. The standard InChI is InChI=1S/C29H28F2O3/c30-22-7-3-19(4-8-22)21-15-26(20-5-9-23(31)10-6-20)27(29(18-21)13-1-2-14-29)12-11-25-16-24(32)17-28(33)34-25/h3-12,15,24-25,32H,1-2,13-14,16-18H2/t24-,25-/m1/s1. The highest BCUT2D eigenvalue weighted by Gasteiger charge is 2.41. The Bertz CT molecular complexity index is 1150. The minimum Gasteiger partial charge on any atom is -0.458 e. The minimum absolute atomic E-state index is 0.0293. The summed E-state index contributed by atoms with van der Waals surface area (Å²) in [5, 5.41) is 10.0. The van der Waals surface area contributed by atoms with E-state index in [1.165, 1.54) is 24.3 Å². The van der Waals surface area contributed by atoms with Gasteiger partial charge in [-0.3, -0.25) is 4.79 Å². The van der Waals surface area contributed by atoms with Gasteiger partial charge in [0.15, 0.2) is 0 Å². The number of allylic oxidation sites excluding steroid dienone is 5. The molecule has 1 saturated heterocycles. The van der Waals surface area contributed by atoms with E-state index in [2.05, 4.69) is 12.2 Å². The van der Waals surface area contributed by atoms with Gasteiger partial charge in [-0.2, -0.15) is 0 Å². The molecule has 1 spiro atoms. The number of cyclic esters (lactones) is 1. The topological polar surface area (TPSA) is 46.5 Å². The van der Waals surface area contributed by atoms with E-state index in [-0.39, 0.29) is 29.4 Å². The first-order valence-corrected chi connectivity index (χ1v) is 11.9. The number of benzene rings is 2. The molecule has 0 aromatic heterocycles. The van der Waals surface area contributed by atoms with E-state index >= 15 is 0 Å². The zero-order valence-electron chi connectivity index (χ0n) is 19.0. The van der Waals surface area contributed by atoms with Crippen LogP contribution >= 0.6 is 0 Å². The minimum atomic E-state index is -0.696. The first-order valence-electron chi connectivity index (χ1n) is 11.9. The Morgan fingerprint density at radius 2 is 1.56 bits per heavy atom. The van der Waals surface area contributed by atoms with Gasteiger partial charge in [-0.25, -0.2) is 8.78 Å². The average molecular weight is 463 g/mol. The van der Waals surface area contributed by atoms with Crippen molar-refractivity contribution in [3.05, 3.63) is 95.1 Å². The maximum Gasteiger partial charge on any atom is 0.309 e. The zero-order chi connectivity index (χ0) is 23.7. The predicted molar refractivity (Wildman–Crippen MR) is 127 cm³/mol. The third-order valence-corrected chi connectivity index (χ3v) is 7.31. The lowest BCUT2D eigenvalue weighted by Gasteiger charge is -2.38. The Balaban J connectivity index is 1.63. The van der Waals surface area contributed by atoms with Crippen molar-refractivity contribution in [2.45, 2.75) is 57.2 Å². The van der Waals surface area contributed by atoms with Crippen LogP contribution in [0.5, 0.6) is 0 Å². The Labute approximate surface area is 198 Å². The number of aliphatic hydroxyl groups is 1. The molecule has 3 aliphatic rings. The largest absolute Gasteiger partial charge is 0.458 e. The van der Waals surface area contributed by atoms with Crippen LogP contribution in [0.4, 0.5) is 8.78 Å². The summed E-state index contributed by atoms with van der Waals surface area (Å²) in [6.07, 6.45) is 10.4. The van der Waals surface area contributed by atoms with Crippen LogP contribution in [0.25, 0.3) is 11.1 Å². The quantitative estimate of drug-likeness (QED) is 0.536. The first kappa shape index (κ1) is 22.7. The van der Waals surface area contributed by atoms with Crippen LogP contribution in [0.15, 0.2) is 72.3 Å². The number of halogens is 2. The van der Waals surface area contributed by atoms with Gasteiger partial charge in [-0.05, 0) is 82.9 Å². The Morgan fingerprint density at radius 1 is 0.941 bits per heavy atom.